The summed E-state index contributed by atoms with van der Waals surface area (Å²) < 4.78 is 1.34. The number of hydrogen-bond donors (Lipinski definition) is 2. The number of aliphatic carboxylic acids is 1. The number of aromatic nitrogens is 2. The molecule has 0 spiro atoms. The topological polar surface area (TPSA) is 84.2 Å². The Labute approximate surface area is 92.9 Å². The second-order valence-electron chi connectivity index (χ2n) is 3.81. The van der Waals surface area contributed by atoms with E-state index in [1.54, 1.807) is 14.0 Å². The summed E-state index contributed by atoms with van der Waals surface area (Å²) in [7, 11) is 1.58. The molecule has 0 aliphatic carbocycles. The third-order valence-corrected chi connectivity index (χ3v) is 2.59. The zero-order chi connectivity index (χ0) is 12.3. The van der Waals surface area contributed by atoms with E-state index in [9.17, 15) is 9.59 Å². The Morgan fingerprint density at radius 1 is 1.69 bits per heavy atom. The van der Waals surface area contributed by atoms with Gasteiger partial charge in [0.1, 0.15) is 5.54 Å². The molecule has 1 rings (SSSR count). The number of anilines is 1. The highest BCUT2D eigenvalue weighted by atomic mass is 16.4. The molecular weight excluding hydrogens is 210 g/mol. The van der Waals surface area contributed by atoms with Gasteiger partial charge in [0.2, 0.25) is 0 Å². The van der Waals surface area contributed by atoms with Crippen molar-refractivity contribution in [3.05, 3.63) is 22.7 Å². The lowest BCUT2D eigenvalue weighted by Crippen LogP contribution is -2.44. The maximum atomic E-state index is 11.6. The van der Waals surface area contributed by atoms with Crippen LogP contribution in [0.15, 0.2) is 17.2 Å². The van der Waals surface area contributed by atoms with Gasteiger partial charge >= 0.3 is 5.97 Å². The molecular formula is C10H15N3O3. The van der Waals surface area contributed by atoms with Crippen molar-refractivity contribution in [2.75, 3.05) is 5.32 Å². The van der Waals surface area contributed by atoms with Gasteiger partial charge < -0.3 is 15.0 Å². The molecule has 1 aromatic heterocycles. The summed E-state index contributed by atoms with van der Waals surface area (Å²) in [5.74, 6) is -0.959. The SMILES string of the molecule is CCC(C)(Nc1nccn(C)c1=O)C(=O)O. The first-order valence-corrected chi connectivity index (χ1v) is 4.94. The summed E-state index contributed by atoms with van der Waals surface area (Å²) in [6.07, 6.45) is 3.31. The van der Waals surface area contributed by atoms with E-state index in [1.165, 1.54) is 23.9 Å². The minimum Gasteiger partial charge on any atom is -0.480 e. The molecule has 0 saturated heterocycles. The Balaban J connectivity index is 3.09. The molecule has 1 heterocycles. The Morgan fingerprint density at radius 3 is 2.81 bits per heavy atom. The number of nitrogens with one attached hydrogen (secondary N) is 1. The molecule has 16 heavy (non-hydrogen) atoms. The van der Waals surface area contributed by atoms with Gasteiger partial charge in [-0.2, -0.15) is 0 Å². The van der Waals surface area contributed by atoms with Crippen LogP contribution in [0.1, 0.15) is 20.3 Å². The van der Waals surface area contributed by atoms with Crippen LogP contribution >= 0.6 is 0 Å². The van der Waals surface area contributed by atoms with Crippen LogP contribution < -0.4 is 10.9 Å². The van der Waals surface area contributed by atoms with Gasteiger partial charge in [-0.3, -0.25) is 4.79 Å². The van der Waals surface area contributed by atoms with Crippen molar-refractivity contribution < 1.29 is 9.90 Å². The highest BCUT2D eigenvalue weighted by molar-refractivity contribution is 5.81. The maximum Gasteiger partial charge on any atom is 0.329 e. The van der Waals surface area contributed by atoms with Gasteiger partial charge in [0.05, 0.1) is 0 Å². The van der Waals surface area contributed by atoms with Gasteiger partial charge in [-0.15, -0.1) is 0 Å². The van der Waals surface area contributed by atoms with Crippen molar-refractivity contribution in [3.8, 4) is 0 Å². The average Bonchev–Trinajstić information content (AvgIpc) is 2.24. The van der Waals surface area contributed by atoms with E-state index in [0.717, 1.165) is 0 Å². The molecule has 6 nitrogen and oxygen atoms in total. The molecule has 1 aromatic rings. The first-order valence-electron chi connectivity index (χ1n) is 4.94. The number of carboxylic acid groups (broad SMARTS) is 1. The van der Waals surface area contributed by atoms with Crippen molar-refractivity contribution in [2.24, 2.45) is 7.05 Å². The zero-order valence-electron chi connectivity index (χ0n) is 9.52. The number of rotatable bonds is 4. The van der Waals surface area contributed by atoms with E-state index in [-0.39, 0.29) is 11.4 Å². The standard InChI is InChI=1S/C10H15N3O3/c1-4-10(2,9(15)16)12-7-8(14)13(3)6-5-11-7/h5-6H,4H2,1-3H3,(H,11,12)(H,15,16). The summed E-state index contributed by atoms with van der Waals surface area (Å²) in [6, 6.07) is 0. The second-order valence-corrected chi connectivity index (χ2v) is 3.81. The lowest BCUT2D eigenvalue weighted by molar-refractivity contribution is -0.141. The molecule has 0 fully saturated rings. The first-order chi connectivity index (χ1) is 7.40. The van der Waals surface area contributed by atoms with E-state index in [1.807, 2.05) is 0 Å². The fourth-order valence-electron chi connectivity index (χ4n) is 1.14. The monoisotopic (exact) mass is 225 g/mol. The molecule has 0 aliphatic heterocycles. The summed E-state index contributed by atoms with van der Waals surface area (Å²) in [5, 5.41) is 11.7. The number of carboxylic acids is 1. The summed E-state index contributed by atoms with van der Waals surface area (Å²) in [5.41, 5.74) is -1.52. The van der Waals surface area contributed by atoms with E-state index >= 15 is 0 Å². The number of hydrogen-bond acceptors (Lipinski definition) is 4. The van der Waals surface area contributed by atoms with Crippen molar-refractivity contribution in [1.82, 2.24) is 9.55 Å². The Morgan fingerprint density at radius 2 is 2.31 bits per heavy atom. The van der Waals surface area contributed by atoms with E-state index in [0.29, 0.717) is 6.42 Å². The Bertz CT molecular complexity index is 455. The Kier molecular flexibility index (Phi) is 3.31. The molecule has 88 valence electrons. The largest absolute Gasteiger partial charge is 0.480 e. The minimum absolute atomic E-state index is 0.0525. The van der Waals surface area contributed by atoms with Crippen LogP contribution in [0.5, 0.6) is 0 Å². The normalized spacial score (nSPS) is 14.2. The van der Waals surface area contributed by atoms with Crippen LogP contribution in [-0.2, 0) is 11.8 Å². The fourth-order valence-corrected chi connectivity index (χ4v) is 1.14. The molecule has 2 N–H and O–H groups in total. The second kappa shape index (κ2) is 4.34. The fraction of sp³-hybridized carbons (Fsp3) is 0.500. The van der Waals surface area contributed by atoms with Crippen molar-refractivity contribution in [2.45, 2.75) is 25.8 Å². The molecule has 0 aromatic carbocycles. The smallest absolute Gasteiger partial charge is 0.329 e. The van der Waals surface area contributed by atoms with Gasteiger partial charge in [-0.05, 0) is 13.3 Å². The van der Waals surface area contributed by atoms with Crippen LogP contribution in [0.2, 0.25) is 0 Å². The van der Waals surface area contributed by atoms with Crippen molar-refractivity contribution in [1.29, 1.82) is 0 Å². The molecule has 1 unspecified atom stereocenters. The predicted molar refractivity (Wildman–Crippen MR) is 59.4 cm³/mol. The molecule has 0 bridgehead atoms. The zero-order valence-corrected chi connectivity index (χ0v) is 9.52. The van der Waals surface area contributed by atoms with E-state index in [2.05, 4.69) is 10.3 Å². The van der Waals surface area contributed by atoms with Crippen molar-refractivity contribution >= 4 is 11.8 Å². The Hall–Kier alpha value is -1.85. The van der Waals surface area contributed by atoms with E-state index < -0.39 is 11.5 Å². The third kappa shape index (κ3) is 2.21. The highest BCUT2D eigenvalue weighted by Gasteiger charge is 2.32. The lowest BCUT2D eigenvalue weighted by atomic mass is 9.99. The number of carbonyl (C=O) groups is 1. The van der Waals surface area contributed by atoms with Gasteiger partial charge in [0.15, 0.2) is 5.82 Å². The van der Waals surface area contributed by atoms with Crippen molar-refractivity contribution in [3.63, 3.8) is 0 Å². The third-order valence-electron chi connectivity index (χ3n) is 2.59. The number of aryl methyl sites for hydroxylation is 1. The first kappa shape index (κ1) is 12.2. The quantitative estimate of drug-likeness (QED) is 0.777. The van der Waals surface area contributed by atoms with Crippen LogP contribution in [0, 0.1) is 0 Å². The summed E-state index contributed by atoms with van der Waals surface area (Å²) in [4.78, 5) is 26.5. The molecule has 1 atom stereocenters. The summed E-state index contributed by atoms with van der Waals surface area (Å²) >= 11 is 0. The molecule has 6 heteroatoms. The van der Waals surface area contributed by atoms with Crippen LogP contribution in [0.4, 0.5) is 5.82 Å². The summed E-state index contributed by atoms with van der Waals surface area (Å²) in [6.45, 7) is 3.25. The van der Waals surface area contributed by atoms with E-state index in [4.69, 9.17) is 5.11 Å². The lowest BCUT2D eigenvalue weighted by Gasteiger charge is -2.24. The van der Waals surface area contributed by atoms with Gasteiger partial charge in [-0.25, -0.2) is 9.78 Å². The maximum absolute atomic E-state index is 11.6. The van der Waals surface area contributed by atoms with Gasteiger partial charge in [0.25, 0.3) is 5.56 Å². The predicted octanol–water partition coefficient (Wildman–Crippen LogP) is 0.445. The van der Waals surface area contributed by atoms with Crippen LogP contribution in [0.25, 0.3) is 0 Å². The van der Waals surface area contributed by atoms with Gasteiger partial charge in [0, 0.05) is 19.4 Å². The van der Waals surface area contributed by atoms with Gasteiger partial charge in [-0.1, -0.05) is 6.92 Å². The van der Waals surface area contributed by atoms with Crippen LogP contribution in [-0.4, -0.2) is 26.2 Å². The molecule has 0 radical (unpaired) electrons. The molecule has 0 amide bonds. The van der Waals surface area contributed by atoms with Crippen LogP contribution in [0.3, 0.4) is 0 Å². The highest BCUT2D eigenvalue weighted by Crippen LogP contribution is 2.14. The minimum atomic E-state index is -1.18. The molecule has 0 saturated carbocycles. The molecule has 0 aliphatic rings. The average molecular weight is 225 g/mol. The number of nitrogens with zero attached hydrogens (tertiary/aromatic N) is 2.